The molecule has 0 aliphatic heterocycles. The summed E-state index contributed by atoms with van der Waals surface area (Å²) in [6, 6.07) is 0. The van der Waals surface area contributed by atoms with E-state index in [1.54, 1.807) is 14.1 Å². The highest BCUT2D eigenvalue weighted by molar-refractivity contribution is 5.93. The van der Waals surface area contributed by atoms with Crippen molar-refractivity contribution in [3.63, 3.8) is 0 Å². The zero-order chi connectivity index (χ0) is 11.3. The Balaban J connectivity index is 2.27. The van der Waals surface area contributed by atoms with Gasteiger partial charge in [-0.15, -0.1) is 0 Å². The van der Waals surface area contributed by atoms with E-state index >= 15 is 0 Å². The minimum atomic E-state index is -0.227. The fourth-order valence-corrected chi connectivity index (χ4v) is 0.984. The summed E-state index contributed by atoms with van der Waals surface area (Å²) in [6.45, 7) is 0.334. The van der Waals surface area contributed by atoms with Crippen LogP contribution in [0.15, 0.2) is 12.4 Å². The average Bonchev–Trinajstić information content (AvgIpc) is 2.70. The molecule has 1 aromatic heterocycles. The third kappa shape index (κ3) is 3.41. The number of carbonyl (C=O) groups is 2. The number of aromatic nitrogens is 2. The van der Waals surface area contributed by atoms with Crippen molar-refractivity contribution in [3.05, 3.63) is 18.0 Å². The van der Waals surface area contributed by atoms with E-state index in [0.29, 0.717) is 18.5 Å². The van der Waals surface area contributed by atoms with Gasteiger partial charge < -0.3 is 10.2 Å². The van der Waals surface area contributed by atoms with E-state index < -0.39 is 0 Å². The van der Waals surface area contributed by atoms with Crippen LogP contribution in [0.4, 0.5) is 0 Å². The smallest absolute Gasteiger partial charge is 0.254 e. The van der Waals surface area contributed by atoms with Gasteiger partial charge in [0.2, 0.25) is 5.91 Å². The largest absolute Gasteiger partial charge is 0.351 e. The van der Waals surface area contributed by atoms with E-state index in [4.69, 9.17) is 0 Å². The molecule has 1 heterocycles. The summed E-state index contributed by atoms with van der Waals surface area (Å²) >= 11 is 0. The number of amides is 2. The average molecular weight is 210 g/mol. The molecule has 0 fully saturated rings. The van der Waals surface area contributed by atoms with Crippen LogP contribution < -0.4 is 5.32 Å². The first-order valence-corrected chi connectivity index (χ1v) is 4.58. The highest BCUT2D eigenvalue weighted by Gasteiger charge is 2.07. The summed E-state index contributed by atoms with van der Waals surface area (Å²) in [4.78, 5) is 24.0. The van der Waals surface area contributed by atoms with E-state index in [1.807, 2.05) is 0 Å². The maximum absolute atomic E-state index is 11.4. The topological polar surface area (TPSA) is 78.1 Å². The zero-order valence-electron chi connectivity index (χ0n) is 8.78. The van der Waals surface area contributed by atoms with Crippen LogP contribution in [0.3, 0.4) is 0 Å². The predicted molar refractivity (Wildman–Crippen MR) is 54.2 cm³/mol. The molecular weight excluding hydrogens is 196 g/mol. The molecule has 6 heteroatoms. The molecule has 82 valence electrons. The van der Waals surface area contributed by atoms with Crippen LogP contribution in [-0.2, 0) is 4.79 Å². The first kappa shape index (κ1) is 11.2. The predicted octanol–water partition coefficient (Wildman–Crippen LogP) is -0.382. The molecule has 2 amide bonds. The third-order valence-corrected chi connectivity index (χ3v) is 1.88. The third-order valence-electron chi connectivity index (χ3n) is 1.88. The molecule has 0 saturated heterocycles. The fourth-order valence-electron chi connectivity index (χ4n) is 0.984. The van der Waals surface area contributed by atoms with E-state index in [1.165, 1.54) is 17.3 Å². The molecule has 2 N–H and O–H groups in total. The maximum atomic E-state index is 11.4. The Bertz CT molecular complexity index is 332. The van der Waals surface area contributed by atoms with Crippen molar-refractivity contribution in [3.8, 4) is 0 Å². The highest BCUT2D eigenvalue weighted by atomic mass is 16.2. The first-order valence-electron chi connectivity index (χ1n) is 4.58. The van der Waals surface area contributed by atoms with Crippen LogP contribution in [0, 0.1) is 0 Å². The minimum absolute atomic E-state index is 0.0116. The molecule has 0 aliphatic carbocycles. The van der Waals surface area contributed by atoms with Crippen LogP contribution >= 0.6 is 0 Å². The number of hydrogen-bond acceptors (Lipinski definition) is 3. The number of nitrogens with zero attached hydrogens (tertiary/aromatic N) is 2. The van der Waals surface area contributed by atoms with E-state index in [0.717, 1.165) is 0 Å². The molecule has 0 unspecified atom stereocenters. The van der Waals surface area contributed by atoms with Crippen molar-refractivity contribution < 1.29 is 9.59 Å². The van der Waals surface area contributed by atoms with Gasteiger partial charge in [-0.05, 0) is 0 Å². The number of nitrogens with one attached hydrogen (secondary N) is 2. The van der Waals surface area contributed by atoms with Crippen molar-refractivity contribution in [2.24, 2.45) is 0 Å². The summed E-state index contributed by atoms with van der Waals surface area (Å²) in [5, 5.41) is 8.82. The SMILES string of the molecule is CN(C)C(=O)CCNC(=O)c1cn[nH]c1. The Morgan fingerprint density at radius 2 is 2.27 bits per heavy atom. The molecule has 0 bridgehead atoms. The molecule has 0 spiro atoms. The van der Waals surface area contributed by atoms with Crippen LogP contribution in [0.5, 0.6) is 0 Å². The quantitative estimate of drug-likeness (QED) is 0.711. The molecular formula is C9H14N4O2. The lowest BCUT2D eigenvalue weighted by molar-refractivity contribution is -0.128. The number of carbonyl (C=O) groups excluding carboxylic acids is 2. The lowest BCUT2D eigenvalue weighted by Gasteiger charge is -2.09. The molecule has 0 aromatic carbocycles. The van der Waals surface area contributed by atoms with Gasteiger partial charge in [-0.3, -0.25) is 14.7 Å². The minimum Gasteiger partial charge on any atom is -0.351 e. The molecule has 0 atom stereocenters. The molecule has 15 heavy (non-hydrogen) atoms. The van der Waals surface area contributed by atoms with E-state index in [-0.39, 0.29) is 11.8 Å². The van der Waals surface area contributed by atoms with Gasteiger partial charge >= 0.3 is 0 Å². The standard InChI is InChI=1S/C9H14N4O2/c1-13(2)8(14)3-4-10-9(15)7-5-11-12-6-7/h5-6H,3-4H2,1-2H3,(H,10,15)(H,11,12). The van der Waals surface area contributed by atoms with Crippen molar-refractivity contribution in [1.82, 2.24) is 20.4 Å². The number of rotatable bonds is 4. The van der Waals surface area contributed by atoms with Gasteiger partial charge in [-0.25, -0.2) is 0 Å². The van der Waals surface area contributed by atoms with Crippen LogP contribution in [0.1, 0.15) is 16.8 Å². The van der Waals surface area contributed by atoms with Gasteiger partial charge in [0, 0.05) is 33.3 Å². The molecule has 0 saturated carbocycles. The number of aromatic amines is 1. The van der Waals surface area contributed by atoms with E-state index in [9.17, 15) is 9.59 Å². The Kier molecular flexibility index (Phi) is 3.84. The Morgan fingerprint density at radius 1 is 1.53 bits per heavy atom. The second-order valence-electron chi connectivity index (χ2n) is 3.28. The summed E-state index contributed by atoms with van der Waals surface area (Å²) in [6.07, 6.45) is 3.24. The second kappa shape index (κ2) is 5.14. The van der Waals surface area contributed by atoms with Crippen molar-refractivity contribution >= 4 is 11.8 Å². The molecule has 1 aromatic rings. The zero-order valence-corrected chi connectivity index (χ0v) is 8.78. The first-order chi connectivity index (χ1) is 7.11. The van der Waals surface area contributed by atoms with Crippen LogP contribution in [0.2, 0.25) is 0 Å². The monoisotopic (exact) mass is 210 g/mol. The summed E-state index contributed by atoms with van der Waals surface area (Å²) in [5.74, 6) is -0.238. The van der Waals surface area contributed by atoms with Gasteiger partial charge in [-0.2, -0.15) is 5.10 Å². The lowest BCUT2D eigenvalue weighted by atomic mass is 10.3. The maximum Gasteiger partial charge on any atom is 0.254 e. The van der Waals surface area contributed by atoms with Crippen LogP contribution in [-0.4, -0.2) is 47.6 Å². The molecule has 6 nitrogen and oxygen atoms in total. The van der Waals surface area contributed by atoms with Crippen molar-refractivity contribution in [2.45, 2.75) is 6.42 Å². The van der Waals surface area contributed by atoms with Crippen molar-refractivity contribution in [1.29, 1.82) is 0 Å². The van der Waals surface area contributed by atoms with Gasteiger partial charge in [-0.1, -0.05) is 0 Å². The van der Waals surface area contributed by atoms with Gasteiger partial charge in [0.15, 0.2) is 0 Å². The molecule has 0 radical (unpaired) electrons. The Morgan fingerprint density at radius 3 is 2.80 bits per heavy atom. The van der Waals surface area contributed by atoms with Gasteiger partial charge in [0.05, 0.1) is 11.8 Å². The second-order valence-corrected chi connectivity index (χ2v) is 3.28. The summed E-state index contributed by atoms with van der Waals surface area (Å²) in [7, 11) is 3.36. The lowest BCUT2D eigenvalue weighted by Crippen LogP contribution is -2.29. The summed E-state index contributed by atoms with van der Waals surface area (Å²) in [5.41, 5.74) is 0.465. The number of hydrogen-bond donors (Lipinski definition) is 2. The van der Waals surface area contributed by atoms with Crippen LogP contribution in [0.25, 0.3) is 0 Å². The molecule has 0 aliphatic rings. The van der Waals surface area contributed by atoms with Gasteiger partial charge in [0.1, 0.15) is 0 Å². The van der Waals surface area contributed by atoms with Gasteiger partial charge in [0.25, 0.3) is 5.91 Å². The highest BCUT2D eigenvalue weighted by Crippen LogP contribution is 1.93. The van der Waals surface area contributed by atoms with E-state index in [2.05, 4.69) is 15.5 Å². The van der Waals surface area contributed by atoms with Crippen molar-refractivity contribution in [2.75, 3.05) is 20.6 Å². The fraction of sp³-hybridized carbons (Fsp3) is 0.444. The Hall–Kier alpha value is -1.85. The summed E-state index contributed by atoms with van der Waals surface area (Å²) < 4.78 is 0. The normalized spacial score (nSPS) is 9.73. The molecule has 1 rings (SSSR count). The Labute approximate surface area is 87.7 Å². The number of H-pyrrole nitrogens is 1.